The molecular weight excluding hydrogens is 224 g/mol. The molecule has 0 saturated heterocycles. The van der Waals surface area contributed by atoms with Crippen LogP contribution >= 0.6 is 11.3 Å². The lowest BCUT2D eigenvalue weighted by atomic mass is 10.3. The molecule has 0 amide bonds. The third-order valence-electron chi connectivity index (χ3n) is 1.89. The second-order valence-corrected chi connectivity index (χ2v) is 3.74. The Labute approximate surface area is 97.5 Å². The first-order valence-corrected chi connectivity index (χ1v) is 5.87. The summed E-state index contributed by atoms with van der Waals surface area (Å²) in [6.07, 6.45) is 0. The first-order valence-electron chi connectivity index (χ1n) is 4.92. The second-order valence-electron chi connectivity index (χ2n) is 2.96. The summed E-state index contributed by atoms with van der Waals surface area (Å²) in [5.74, 6) is 1.14. The summed E-state index contributed by atoms with van der Waals surface area (Å²) >= 11 is 1.61. The molecule has 0 aliphatic rings. The molecule has 0 saturated carbocycles. The molecule has 0 atom stereocenters. The molecule has 5 nitrogen and oxygen atoms in total. The Morgan fingerprint density at radius 1 is 1.38 bits per heavy atom. The van der Waals surface area contributed by atoms with E-state index in [9.17, 15) is 0 Å². The molecule has 0 aliphatic carbocycles. The summed E-state index contributed by atoms with van der Waals surface area (Å²) in [4.78, 5) is 12.6. The van der Waals surface area contributed by atoms with Gasteiger partial charge in [0.15, 0.2) is 5.82 Å². The van der Waals surface area contributed by atoms with Crippen molar-refractivity contribution in [2.75, 3.05) is 19.0 Å². The van der Waals surface area contributed by atoms with Gasteiger partial charge < -0.3 is 10.1 Å². The van der Waals surface area contributed by atoms with E-state index in [1.807, 2.05) is 23.8 Å². The maximum absolute atomic E-state index is 5.29. The average molecular weight is 236 g/mol. The van der Waals surface area contributed by atoms with Crippen molar-refractivity contribution in [3.05, 3.63) is 16.8 Å². The number of anilines is 1. The van der Waals surface area contributed by atoms with Crippen LogP contribution in [0.1, 0.15) is 6.92 Å². The zero-order valence-corrected chi connectivity index (χ0v) is 9.91. The Morgan fingerprint density at radius 3 is 2.88 bits per heavy atom. The Hall–Kier alpha value is -1.69. The third-order valence-corrected chi connectivity index (χ3v) is 2.57. The SMILES string of the molecule is CCOc1nc(NC)nc(-c2ccsc2)n1. The minimum Gasteiger partial charge on any atom is -0.464 e. The van der Waals surface area contributed by atoms with Crippen LogP contribution in [0, 0.1) is 0 Å². The van der Waals surface area contributed by atoms with E-state index in [0.29, 0.717) is 24.4 Å². The molecule has 1 N–H and O–H groups in total. The molecule has 2 heterocycles. The van der Waals surface area contributed by atoms with E-state index in [-0.39, 0.29) is 0 Å². The Kier molecular flexibility index (Phi) is 3.31. The molecule has 0 aliphatic heterocycles. The van der Waals surface area contributed by atoms with Gasteiger partial charge in [-0.05, 0) is 18.4 Å². The van der Waals surface area contributed by atoms with Crippen molar-refractivity contribution in [3.63, 3.8) is 0 Å². The predicted molar refractivity (Wildman–Crippen MR) is 63.9 cm³/mol. The van der Waals surface area contributed by atoms with Crippen LogP contribution in [0.25, 0.3) is 11.4 Å². The van der Waals surface area contributed by atoms with E-state index in [2.05, 4.69) is 20.3 Å². The van der Waals surface area contributed by atoms with E-state index in [1.54, 1.807) is 18.4 Å². The normalized spacial score (nSPS) is 10.1. The van der Waals surface area contributed by atoms with E-state index in [4.69, 9.17) is 4.74 Å². The second kappa shape index (κ2) is 4.89. The largest absolute Gasteiger partial charge is 0.464 e. The van der Waals surface area contributed by atoms with Gasteiger partial charge in [-0.3, -0.25) is 0 Å². The van der Waals surface area contributed by atoms with Crippen molar-refractivity contribution in [2.24, 2.45) is 0 Å². The molecule has 84 valence electrons. The molecule has 2 aromatic heterocycles. The van der Waals surface area contributed by atoms with Crippen molar-refractivity contribution in [1.29, 1.82) is 0 Å². The molecule has 0 spiro atoms. The fraction of sp³-hybridized carbons (Fsp3) is 0.300. The van der Waals surface area contributed by atoms with Crippen LogP contribution in [0.4, 0.5) is 5.95 Å². The number of hydrogen-bond acceptors (Lipinski definition) is 6. The van der Waals surface area contributed by atoms with Crippen LogP contribution in [-0.2, 0) is 0 Å². The molecule has 0 unspecified atom stereocenters. The predicted octanol–water partition coefficient (Wildman–Crippen LogP) is 2.04. The van der Waals surface area contributed by atoms with Crippen LogP contribution in [0.2, 0.25) is 0 Å². The van der Waals surface area contributed by atoms with Crippen molar-refractivity contribution >= 4 is 17.3 Å². The van der Waals surface area contributed by atoms with Crippen molar-refractivity contribution in [3.8, 4) is 17.4 Å². The molecule has 6 heteroatoms. The molecule has 0 radical (unpaired) electrons. The number of ether oxygens (including phenoxy) is 1. The summed E-state index contributed by atoms with van der Waals surface area (Å²) in [6, 6.07) is 2.32. The smallest absolute Gasteiger partial charge is 0.321 e. The van der Waals surface area contributed by atoms with Gasteiger partial charge in [0.1, 0.15) is 0 Å². The Bertz CT molecular complexity index is 458. The Balaban J connectivity index is 2.41. The van der Waals surface area contributed by atoms with Gasteiger partial charge in [0, 0.05) is 18.0 Å². The molecule has 16 heavy (non-hydrogen) atoms. The zero-order valence-electron chi connectivity index (χ0n) is 9.10. The minimum atomic E-state index is 0.350. The standard InChI is InChI=1S/C10H12N4OS/c1-3-15-10-13-8(7-4-5-16-6-7)12-9(11-2)14-10/h4-6H,3H2,1-2H3,(H,11,12,13,14). The molecule has 2 aromatic rings. The lowest BCUT2D eigenvalue weighted by Gasteiger charge is -2.05. The Morgan fingerprint density at radius 2 is 2.25 bits per heavy atom. The van der Waals surface area contributed by atoms with E-state index in [0.717, 1.165) is 5.56 Å². The number of hydrogen-bond donors (Lipinski definition) is 1. The van der Waals surface area contributed by atoms with Gasteiger partial charge in [-0.2, -0.15) is 26.3 Å². The van der Waals surface area contributed by atoms with E-state index >= 15 is 0 Å². The summed E-state index contributed by atoms with van der Waals surface area (Å²) in [7, 11) is 1.77. The van der Waals surface area contributed by atoms with Crippen LogP contribution in [0.15, 0.2) is 16.8 Å². The highest BCUT2D eigenvalue weighted by atomic mass is 32.1. The summed E-state index contributed by atoms with van der Waals surface area (Å²) in [5.41, 5.74) is 0.977. The van der Waals surface area contributed by atoms with Gasteiger partial charge in [-0.1, -0.05) is 0 Å². The highest BCUT2D eigenvalue weighted by Gasteiger charge is 2.08. The van der Waals surface area contributed by atoms with Gasteiger partial charge in [-0.25, -0.2) is 0 Å². The van der Waals surface area contributed by atoms with Crippen molar-refractivity contribution in [1.82, 2.24) is 15.0 Å². The monoisotopic (exact) mass is 236 g/mol. The topological polar surface area (TPSA) is 59.9 Å². The summed E-state index contributed by atoms with van der Waals surface area (Å²) in [5, 5.41) is 6.86. The number of rotatable bonds is 4. The van der Waals surface area contributed by atoms with Gasteiger partial charge >= 0.3 is 6.01 Å². The van der Waals surface area contributed by atoms with Crippen LogP contribution in [-0.4, -0.2) is 28.6 Å². The molecule has 2 rings (SSSR count). The van der Waals surface area contributed by atoms with Gasteiger partial charge in [0.25, 0.3) is 0 Å². The van der Waals surface area contributed by atoms with Gasteiger partial charge in [-0.15, -0.1) is 0 Å². The average Bonchev–Trinajstić information content (AvgIpc) is 2.82. The maximum Gasteiger partial charge on any atom is 0.321 e. The highest BCUT2D eigenvalue weighted by Crippen LogP contribution is 2.20. The van der Waals surface area contributed by atoms with E-state index in [1.165, 1.54) is 0 Å². The number of aromatic nitrogens is 3. The number of nitrogens with one attached hydrogen (secondary N) is 1. The molecular formula is C10H12N4OS. The lowest BCUT2D eigenvalue weighted by molar-refractivity contribution is 0.312. The fourth-order valence-electron chi connectivity index (χ4n) is 1.18. The van der Waals surface area contributed by atoms with Crippen molar-refractivity contribution in [2.45, 2.75) is 6.92 Å². The maximum atomic E-state index is 5.29. The lowest BCUT2D eigenvalue weighted by Crippen LogP contribution is -2.04. The third kappa shape index (κ3) is 2.27. The van der Waals surface area contributed by atoms with Crippen LogP contribution < -0.4 is 10.1 Å². The first-order chi connectivity index (χ1) is 7.83. The summed E-state index contributed by atoms with van der Waals surface area (Å²) in [6.45, 7) is 2.43. The minimum absolute atomic E-state index is 0.350. The van der Waals surface area contributed by atoms with Crippen molar-refractivity contribution < 1.29 is 4.74 Å². The summed E-state index contributed by atoms with van der Waals surface area (Å²) < 4.78 is 5.29. The van der Waals surface area contributed by atoms with E-state index < -0.39 is 0 Å². The highest BCUT2D eigenvalue weighted by molar-refractivity contribution is 7.08. The zero-order chi connectivity index (χ0) is 11.4. The van der Waals surface area contributed by atoms with Crippen LogP contribution in [0.3, 0.4) is 0 Å². The first kappa shape index (κ1) is 10.8. The molecule has 0 fully saturated rings. The molecule has 0 bridgehead atoms. The quantitative estimate of drug-likeness (QED) is 0.880. The fourth-order valence-corrected chi connectivity index (χ4v) is 1.82. The molecule has 0 aromatic carbocycles. The number of thiophene rings is 1. The number of nitrogens with zero attached hydrogens (tertiary/aromatic N) is 3. The van der Waals surface area contributed by atoms with Gasteiger partial charge in [0.05, 0.1) is 6.61 Å². The van der Waals surface area contributed by atoms with Gasteiger partial charge in [0.2, 0.25) is 5.95 Å². The van der Waals surface area contributed by atoms with Crippen LogP contribution in [0.5, 0.6) is 6.01 Å².